The van der Waals surface area contributed by atoms with Crippen molar-refractivity contribution in [2.45, 2.75) is 44.9 Å². The lowest BCUT2D eigenvalue weighted by Crippen LogP contribution is -2.17. The summed E-state index contributed by atoms with van der Waals surface area (Å²) >= 11 is 0. The second-order valence-electron chi connectivity index (χ2n) is 7.49. The Morgan fingerprint density at radius 2 is 1.06 bits per heavy atom. The maximum Gasteiger partial charge on any atom is 0.278 e. The molecule has 0 fully saturated rings. The van der Waals surface area contributed by atoms with Crippen molar-refractivity contribution in [2.24, 2.45) is 10.2 Å². The van der Waals surface area contributed by atoms with E-state index in [0.717, 1.165) is 19.3 Å². The number of para-hydroxylation sites is 2. The Kier molecular flexibility index (Phi) is 11.2. The Bertz CT molecular complexity index is 1020. The number of unbranched alkanes of at least 4 members (excludes halogenated alkanes) is 4. The molecule has 0 saturated carbocycles. The summed E-state index contributed by atoms with van der Waals surface area (Å²) in [6, 6.07) is 12.2. The molecule has 0 aliphatic rings. The fourth-order valence-corrected chi connectivity index (χ4v) is 3.09. The van der Waals surface area contributed by atoms with Crippen LogP contribution in [0.1, 0.15) is 56.1 Å². The minimum absolute atomic E-state index is 0.0915. The standard InChI is InChI=1S/C23H26N6O6/c30-22(26-24-16-18-10-6-8-12-20(18)28(32)33)14-4-2-1-3-5-15-23(31)27-25-17-19-11-7-9-13-21(19)29(34)35/h6-13,16-17H,1-5,14-15H2,(H,26,30)(H,27,31)/b24-16-,25-17-. The highest BCUT2D eigenvalue weighted by atomic mass is 16.6. The van der Waals surface area contributed by atoms with E-state index < -0.39 is 9.85 Å². The van der Waals surface area contributed by atoms with Gasteiger partial charge < -0.3 is 0 Å². The molecule has 2 rings (SSSR count). The number of amides is 2. The largest absolute Gasteiger partial charge is 0.278 e. The van der Waals surface area contributed by atoms with Crippen molar-refractivity contribution in [1.82, 2.24) is 10.9 Å². The van der Waals surface area contributed by atoms with Crippen LogP contribution in [-0.4, -0.2) is 34.1 Å². The van der Waals surface area contributed by atoms with E-state index in [9.17, 15) is 29.8 Å². The number of nitrogens with one attached hydrogen (secondary N) is 2. The number of nitro groups is 2. The highest BCUT2D eigenvalue weighted by Gasteiger charge is 2.11. The first-order valence-corrected chi connectivity index (χ1v) is 11.0. The van der Waals surface area contributed by atoms with Gasteiger partial charge in [-0.15, -0.1) is 0 Å². The van der Waals surface area contributed by atoms with E-state index in [1.54, 1.807) is 24.3 Å². The minimum Gasteiger partial charge on any atom is -0.273 e. The maximum absolute atomic E-state index is 11.8. The number of carbonyl (C=O) groups is 2. The molecule has 2 amide bonds. The van der Waals surface area contributed by atoms with Crippen LogP contribution in [0.3, 0.4) is 0 Å². The number of rotatable bonds is 14. The molecule has 0 bridgehead atoms. The number of hydrogen-bond donors (Lipinski definition) is 2. The van der Waals surface area contributed by atoms with E-state index in [0.29, 0.717) is 24.0 Å². The SMILES string of the molecule is O=C(CCCCCCCC(=O)N/N=C\c1ccccc1[N+](=O)[O-])N/N=C\c1ccccc1[N+](=O)[O-]. The van der Waals surface area contributed by atoms with Crippen molar-refractivity contribution in [3.05, 3.63) is 79.9 Å². The van der Waals surface area contributed by atoms with Gasteiger partial charge in [-0.25, -0.2) is 10.9 Å². The molecular weight excluding hydrogens is 456 g/mol. The van der Waals surface area contributed by atoms with Crippen LogP contribution >= 0.6 is 0 Å². The molecule has 0 aliphatic heterocycles. The van der Waals surface area contributed by atoms with Gasteiger partial charge in [0.05, 0.1) is 33.4 Å². The first kappa shape index (κ1) is 26.8. The second-order valence-corrected chi connectivity index (χ2v) is 7.49. The summed E-state index contributed by atoms with van der Waals surface area (Å²) < 4.78 is 0. The second kappa shape index (κ2) is 14.6. The van der Waals surface area contributed by atoms with Crippen LogP contribution in [0.25, 0.3) is 0 Å². The van der Waals surface area contributed by atoms with E-state index in [-0.39, 0.29) is 36.0 Å². The normalized spacial score (nSPS) is 11.0. The molecule has 2 aromatic carbocycles. The first-order valence-electron chi connectivity index (χ1n) is 11.0. The predicted octanol–water partition coefficient (Wildman–Crippen LogP) is 3.83. The Balaban J connectivity index is 1.55. The molecule has 0 atom stereocenters. The van der Waals surface area contributed by atoms with Crippen LogP contribution < -0.4 is 10.9 Å². The number of benzene rings is 2. The molecule has 184 valence electrons. The summed E-state index contributed by atoms with van der Waals surface area (Å²) in [6.07, 6.45) is 6.79. The van der Waals surface area contributed by atoms with Gasteiger partial charge in [-0.1, -0.05) is 43.5 Å². The molecule has 0 spiro atoms. The van der Waals surface area contributed by atoms with E-state index in [2.05, 4.69) is 21.1 Å². The third-order valence-corrected chi connectivity index (χ3v) is 4.86. The van der Waals surface area contributed by atoms with E-state index in [1.807, 2.05) is 0 Å². The van der Waals surface area contributed by atoms with E-state index >= 15 is 0 Å². The molecule has 0 aliphatic carbocycles. The lowest BCUT2D eigenvalue weighted by molar-refractivity contribution is -0.385. The van der Waals surface area contributed by atoms with Gasteiger partial charge in [-0.3, -0.25) is 29.8 Å². The average Bonchev–Trinajstić information content (AvgIpc) is 2.84. The molecule has 35 heavy (non-hydrogen) atoms. The van der Waals surface area contributed by atoms with Gasteiger partial charge in [0.15, 0.2) is 0 Å². The van der Waals surface area contributed by atoms with Crippen molar-refractivity contribution < 1.29 is 19.4 Å². The van der Waals surface area contributed by atoms with Crippen molar-refractivity contribution in [1.29, 1.82) is 0 Å². The highest BCUT2D eigenvalue weighted by Crippen LogP contribution is 2.16. The Morgan fingerprint density at radius 1 is 0.686 bits per heavy atom. The Labute approximate surface area is 201 Å². The topological polar surface area (TPSA) is 169 Å². The zero-order valence-corrected chi connectivity index (χ0v) is 19.0. The van der Waals surface area contributed by atoms with Crippen molar-refractivity contribution >= 4 is 35.6 Å². The summed E-state index contributed by atoms with van der Waals surface area (Å²) in [7, 11) is 0. The predicted molar refractivity (Wildman–Crippen MR) is 130 cm³/mol. The van der Waals surface area contributed by atoms with E-state index in [1.165, 1.54) is 36.7 Å². The molecule has 0 unspecified atom stereocenters. The summed E-state index contributed by atoms with van der Waals surface area (Å²) in [5.41, 5.74) is 5.14. The quantitative estimate of drug-likeness (QED) is 0.179. The molecule has 0 aromatic heterocycles. The van der Waals surface area contributed by atoms with Crippen LogP contribution in [0.2, 0.25) is 0 Å². The fraction of sp³-hybridized carbons (Fsp3) is 0.304. The highest BCUT2D eigenvalue weighted by molar-refractivity contribution is 5.87. The average molecular weight is 482 g/mol. The molecular formula is C23H26N6O6. The van der Waals surface area contributed by atoms with Crippen LogP contribution in [0.15, 0.2) is 58.7 Å². The number of nitro benzene ring substituents is 2. The number of carbonyl (C=O) groups excluding carboxylic acids is 2. The van der Waals surface area contributed by atoms with Gasteiger partial charge in [-0.05, 0) is 25.0 Å². The van der Waals surface area contributed by atoms with Gasteiger partial charge in [0.1, 0.15) is 0 Å². The van der Waals surface area contributed by atoms with Gasteiger partial charge in [0.25, 0.3) is 11.4 Å². The van der Waals surface area contributed by atoms with Gasteiger partial charge in [-0.2, -0.15) is 10.2 Å². The smallest absolute Gasteiger partial charge is 0.273 e. The fourth-order valence-electron chi connectivity index (χ4n) is 3.09. The van der Waals surface area contributed by atoms with Gasteiger partial charge in [0, 0.05) is 25.0 Å². The van der Waals surface area contributed by atoms with Gasteiger partial charge >= 0.3 is 0 Å². The molecule has 12 nitrogen and oxygen atoms in total. The van der Waals surface area contributed by atoms with E-state index in [4.69, 9.17) is 0 Å². The summed E-state index contributed by atoms with van der Waals surface area (Å²) in [5.74, 6) is -0.563. The molecule has 2 N–H and O–H groups in total. The molecule has 0 heterocycles. The Hall–Kier alpha value is -4.48. The Morgan fingerprint density at radius 3 is 1.46 bits per heavy atom. The number of hydrazone groups is 2. The zero-order valence-electron chi connectivity index (χ0n) is 19.0. The lowest BCUT2D eigenvalue weighted by atomic mass is 10.1. The zero-order chi connectivity index (χ0) is 25.5. The lowest BCUT2D eigenvalue weighted by Gasteiger charge is -2.02. The van der Waals surface area contributed by atoms with Crippen LogP contribution in [0.4, 0.5) is 11.4 Å². The van der Waals surface area contributed by atoms with Gasteiger partial charge in [0.2, 0.25) is 11.8 Å². The number of hydrogen-bond acceptors (Lipinski definition) is 8. The third-order valence-electron chi connectivity index (χ3n) is 4.86. The summed E-state index contributed by atoms with van der Waals surface area (Å²) in [6.45, 7) is 0. The maximum atomic E-state index is 11.8. The minimum atomic E-state index is -0.515. The van der Waals surface area contributed by atoms with Crippen molar-refractivity contribution in [2.75, 3.05) is 0 Å². The third kappa shape index (κ3) is 9.90. The van der Waals surface area contributed by atoms with Crippen molar-refractivity contribution in [3.63, 3.8) is 0 Å². The monoisotopic (exact) mass is 482 g/mol. The molecule has 2 aromatic rings. The van der Waals surface area contributed by atoms with Crippen molar-refractivity contribution in [3.8, 4) is 0 Å². The molecule has 12 heteroatoms. The first-order chi connectivity index (χ1) is 16.9. The van der Waals surface area contributed by atoms with Crippen LogP contribution in [0.5, 0.6) is 0 Å². The van der Waals surface area contributed by atoms with Crippen LogP contribution in [-0.2, 0) is 9.59 Å². The summed E-state index contributed by atoms with van der Waals surface area (Å²) in [4.78, 5) is 44.5. The summed E-state index contributed by atoms with van der Waals surface area (Å²) in [5, 5.41) is 29.4. The molecule has 0 saturated heterocycles. The number of nitrogens with zero attached hydrogens (tertiary/aromatic N) is 4. The molecule has 0 radical (unpaired) electrons. The van der Waals surface area contributed by atoms with Crippen LogP contribution in [0, 0.1) is 20.2 Å².